The highest BCUT2D eigenvalue weighted by Gasteiger charge is 2.29. The summed E-state index contributed by atoms with van der Waals surface area (Å²) >= 11 is 5.27. The first-order valence-electron chi connectivity index (χ1n) is 9.87. The number of halogens is 3. The fraction of sp³-hybridized carbons (Fsp3) is 0.333. The lowest BCUT2D eigenvalue weighted by atomic mass is 10.1. The third-order valence-corrected chi connectivity index (χ3v) is 4.96. The van der Waals surface area contributed by atoms with Crippen molar-refractivity contribution in [2.45, 2.75) is 25.7 Å². The first-order valence-corrected chi connectivity index (χ1v) is 10.3. The van der Waals surface area contributed by atoms with Crippen LogP contribution in [0.3, 0.4) is 0 Å². The number of ether oxygens (including phenoxy) is 2. The predicted octanol–water partition coefficient (Wildman–Crippen LogP) is 3.36. The molecule has 0 aliphatic carbocycles. The van der Waals surface area contributed by atoms with Crippen LogP contribution in [0.1, 0.15) is 22.3 Å². The molecule has 0 unspecified atom stereocenters. The molecule has 0 saturated carbocycles. The van der Waals surface area contributed by atoms with Crippen molar-refractivity contribution in [3.05, 3.63) is 62.8 Å². The van der Waals surface area contributed by atoms with Crippen LogP contribution < -0.4 is 15.6 Å². The van der Waals surface area contributed by atoms with Crippen molar-refractivity contribution in [2.24, 2.45) is 0 Å². The third-order valence-electron chi connectivity index (χ3n) is 4.64. The molecular weight excluding hydrogens is 461 g/mol. The maximum atomic E-state index is 12.7. The lowest BCUT2D eigenvalue weighted by molar-refractivity contribution is -0.154. The van der Waals surface area contributed by atoms with E-state index in [0.717, 1.165) is 0 Å². The zero-order valence-electron chi connectivity index (χ0n) is 17.6. The van der Waals surface area contributed by atoms with Gasteiger partial charge in [0.1, 0.15) is 0 Å². The first kappa shape index (κ1) is 24.4. The van der Waals surface area contributed by atoms with Gasteiger partial charge >= 0.3 is 6.18 Å². The summed E-state index contributed by atoms with van der Waals surface area (Å²) in [5.74, 6) is -0.710. The van der Waals surface area contributed by atoms with Crippen LogP contribution in [0.5, 0.6) is 5.88 Å². The fourth-order valence-electron chi connectivity index (χ4n) is 3.08. The second kappa shape index (κ2) is 10.6. The molecule has 0 atom stereocenters. The number of amides is 1. The fourth-order valence-corrected chi connectivity index (χ4v) is 3.37. The minimum absolute atomic E-state index is 0.102. The van der Waals surface area contributed by atoms with Crippen LogP contribution in [0, 0.1) is 4.77 Å². The van der Waals surface area contributed by atoms with E-state index in [1.54, 1.807) is 7.11 Å². The number of hydrogen-bond acceptors (Lipinski definition) is 6. The van der Waals surface area contributed by atoms with E-state index in [-0.39, 0.29) is 33.9 Å². The van der Waals surface area contributed by atoms with Gasteiger partial charge in [-0.25, -0.2) is 4.98 Å². The van der Waals surface area contributed by atoms with Gasteiger partial charge in [0.2, 0.25) is 5.88 Å². The quantitative estimate of drug-likeness (QED) is 0.359. The molecule has 176 valence electrons. The molecule has 0 fully saturated rings. The van der Waals surface area contributed by atoms with Gasteiger partial charge in [0.25, 0.3) is 11.5 Å². The van der Waals surface area contributed by atoms with Gasteiger partial charge in [-0.3, -0.25) is 14.2 Å². The van der Waals surface area contributed by atoms with Gasteiger partial charge in [-0.05, 0) is 42.9 Å². The van der Waals surface area contributed by atoms with E-state index >= 15 is 0 Å². The van der Waals surface area contributed by atoms with Crippen LogP contribution in [-0.4, -0.2) is 46.9 Å². The van der Waals surface area contributed by atoms with Gasteiger partial charge in [-0.1, -0.05) is 6.07 Å². The number of carbonyl (C=O) groups excluding carboxylic acids is 1. The van der Waals surface area contributed by atoms with Crippen LogP contribution in [-0.2, 0) is 17.8 Å². The van der Waals surface area contributed by atoms with Crippen LogP contribution in [0.2, 0.25) is 0 Å². The molecule has 8 nitrogen and oxygen atoms in total. The first-order chi connectivity index (χ1) is 15.7. The Morgan fingerprint density at radius 2 is 2.09 bits per heavy atom. The lowest BCUT2D eigenvalue weighted by Gasteiger charge is -2.13. The second-order valence-electron chi connectivity index (χ2n) is 7.05. The Hall–Kier alpha value is -3.25. The van der Waals surface area contributed by atoms with Crippen molar-refractivity contribution in [1.82, 2.24) is 19.9 Å². The Balaban J connectivity index is 1.75. The Labute approximate surface area is 191 Å². The highest BCUT2D eigenvalue weighted by molar-refractivity contribution is 7.71. The molecular formula is C21H21F3N4O4S. The number of benzene rings is 1. The van der Waals surface area contributed by atoms with Crippen LogP contribution in [0.25, 0.3) is 10.9 Å². The number of carbonyl (C=O) groups is 1. The summed E-state index contributed by atoms with van der Waals surface area (Å²) in [6.45, 7) is -0.713. The molecule has 2 heterocycles. The number of rotatable bonds is 9. The van der Waals surface area contributed by atoms with Crippen molar-refractivity contribution in [3.63, 3.8) is 0 Å². The van der Waals surface area contributed by atoms with E-state index in [4.69, 9.17) is 21.7 Å². The minimum atomic E-state index is -4.51. The molecule has 1 amide bonds. The summed E-state index contributed by atoms with van der Waals surface area (Å²) in [5, 5.41) is 2.98. The molecule has 0 saturated heterocycles. The number of fused-ring (bicyclic) bond motifs is 1. The summed E-state index contributed by atoms with van der Waals surface area (Å²) in [6.07, 6.45) is -2.60. The minimum Gasteiger partial charge on any atom is -0.468 e. The number of pyridine rings is 1. The smallest absolute Gasteiger partial charge is 0.422 e. The van der Waals surface area contributed by atoms with Crippen molar-refractivity contribution < 1.29 is 27.4 Å². The molecule has 12 heteroatoms. The normalized spacial score (nSPS) is 11.5. The average molecular weight is 482 g/mol. The van der Waals surface area contributed by atoms with Crippen molar-refractivity contribution in [3.8, 4) is 5.88 Å². The summed E-state index contributed by atoms with van der Waals surface area (Å²) in [6, 6.07) is 7.52. The number of alkyl halides is 3. The summed E-state index contributed by atoms with van der Waals surface area (Å²) < 4.78 is 48.7. The number of nitrogens with zero attached hydrogens (tertiary/aromatic N) is 2. The van der Waals surface area contributed by atoms with E-state index in [9.17, 15) is 22.8 Å². The molecule has 0 aliphatic rings. The maximum Gasteiger partial charge on any atom is 0.422 e. The van der Waals surface area contributed by atoms with E-state index in [0.29, 0.717) is 30.5 Å². The van der Waals surface area contributed by atoms with Gasteiger partial charge in [-0.2, -0.15) is 13.2 Å². The second-order valence-corrected chi connectivity index (χ2v) is 7.43. The Morgan fingerprint density at radius 1 is 1.30 bits per heavy atom. The number of nitrogens with one attached hydrogen (secondary N) is 2. The van der Waals surface area contributed by atoms with Crippen LogP contribution in [0.15, 0.2) is 41.3 Å². The van der Waals surface area contributed by atoms with Gasteiger partial charge < -0.3 is 19.8 Å². The summed E-state index contributed by atoms with van der Waals surface area (Å²) in [4.78, 5) is 32.1. The molecule has 2 aromatic heterocycles. The van der Waals surface area contributed by atoms with E-state index in [1.165, 1.54) is 41.1 Å². The number of H-pyrrole nitrogens is 1. The topological polar surface area (TPSA) is 98.2 Å². The summed E-state index contributed by atoms with van der Waals surface area (Å²) in [7, 11) is 1.57. The van der Waals surface area contributed by atoms with Gasteiger partial charge in [-0.15, -0.1) is 0 Å². The monoisotopic (exact) mass is 482 g/mol. The van der Waals surface area contributed by atoms with Crippen molar-refractivity contribution in [1.29, 1.82) is 0 Å². The SMILES string of the molecule is COCCCn1c(=S)[nH]c2cc(C(=O)NCc3cccnc3OCC(F)(F)F)ccc2c1=O. The zero-order chi connectivity index (χ0) is 24.0. The number of hydrogen-bond donors (Lipinski definition) is 2. The molecule has 1 aromatic carbocycles. The standard InChI is InChI=1S/C21H21F3N4O4S/c1-31-9-3-8-28-19(30)15-6-5-13(10-16(15)27-20(28)33)17(29)26-11-14-4-2-7-25-18(14)32-12-21(22,23)24/h2,4-7,10H,3,8-9,11-12H2,1H3,(H,26,29)(H,27,33). The highest BCUT2D eigenvalue weighted by Crippen LogP contribution is 2.20. The van der Waals surface area contributed by atoms with E-state index in [1.807, 2.05) is 0 Å². The lowest BCUT2D eigenvalue weighted by Crippen LogP contribution is -2.25. The van der Waals surface area contributed by atoms with Gasteiger partial charge in [0, 0.05) is 44.1 Å². The molecule has 0 aliphatic heterocycles. The Kier molecular flexibility index (Phi) is 7.82. The molecule has 33 heavy (non-hydrogen) atoms. The van der Waals surface area contributed by atoms with Crippen molar-refractivity contribution >= 4 is 29.0 Å². The Bertz CT molecular complexity index is 1260. The zero-order valence-corrected chi connectivity index (χ0v) is 18.4. The average Bonchev–Trinajstić information content (AvgIpc) is 2.78. The van der Waals surface area contributed by atoms with Crippen molar-refractivity contribution in [2.75, 3.05) is 20.3 Å². The van der Waals surface area contributed by atoms with Crippen LogP contribution in [0.4, 0.5) is 13.2 Å². The maximum absolute atomic E-state index is 12.7. The largest absolute Gasteiger partial charge is 0.468 e. The Morgan fingerprint density at radius 3 is 2.82 bits per heavy atom. The van der Waals surface area contributed by atoms with Crippen LogP contribution >= 0.6 is 12.2 Å². The third kappa shape index (κ3) is 6.39. The molecule has 0 bridgehead atoms. The van der Waals surface area contributed by atoms with Gasteiger partial charge in [0.15, 0.2) is 11.4 Å². The predicted molar refractivity (Wildman–Crippen MR) is 117 cm³/mol. The number of methoxy groups -OCH3 is 1. The molecule has 2 N–H and O–H groups in total. The highest BCUT2D eigenvalue weighted by atomic mass is 32.1. The van der Waals surface area contributed by atoms with E-state index in [2.05, 4.69) is 15.3 Å². The summed E-state index contributed by atoms with van der Waals surface area (Å²) in [5.41, 5.74) is 0.649. The van der Waals surface area contributed by atoms with E-state index < -0.39 is 18.7 Å². The molecule has 0 radical (unpaired) electrons. The number of aromatic amines is 1. The molecule has 3 rings (SSSR count). The molecule has 3 aromatic rings. The number of aromatic nitrogens is 3. The van der Waals surface area contributed by atoms with Gasteiger partial charge in [0.05, 0.1) is 10.9 Å². The molecule has 0 spiro atoms.